The molecule has 1 saturated heterocycles. The van der Waals surface area contributed by atoms with Crippen LogP contribution < -0.4 is 21.3 Å². The number of hydrogen-bond donors (Lipinski definition) is 3. The standard InChI is InChI=1S/C14H18N6O/c15-12-11(13(16)21)14(18-17-12)20-8-6-19(7-9-20)10-4-2-1-3-5-10/h1-5H,6-9H2,(H2,16,21)(H3,15,17,18). The Labute approximate surface area is 122 Å². The van der Waals surface area contributed by atoms with E-state index in [4.69, 9.17) is 11.5 Å². The van der Waals surface area contributed by atoms with Gasteiger partial charge in [-0.25, -0.2) is 0 Å². The van der Waals surface area contributed by atoms with Crippen LogP contribution >= 0.6 is 0 Å². The minimum absolute atomic E-state index is 0.225. The van der Waals surface area contributed by atoms with Gasteiger partial charge in [-0.1, -0.05) is 18.2 Å². The number of piperazine rings is 1. The Hall–Kier alpha value is -2.70. The molecule has 2 aromatic rings. The van der Waals surface area contributed by atoms with Gasteiger partial charge in [-0.15, -0.1) is 0 Å². The number of nitrogens with two attached hydrogens (primary N) is 2. The molecule has 1 aromatic heterocycles. The summed E-state index contributed by atoms with van der Waals surface area (Å²) in [6.07, 6.45) is 0. The fourth-order valence-electron chi connectivity index (χ4n) is 2.63. The lowest BCUT2D eigenvalue weighted by Gasteiger charge is -2.36. The Morgan fingerprint density at radius 2 is 1.71 bits per heavy atom. The quantitative estimate of drug-likeness (QED) is 0.758. The Morgan fingerprint density at radius 1 is 1.10 bits per heavy atom. The van der Waals surface area contributed by atoms with Crippen LogP contribution in [0.5, 0.6) is 0 Å². The number of benzene rings is 1. The van der Waals surface area contributed by atoms with Crippen LogP contribution in [-0.4, -0.2) is 42.3 Å². The third-order valence-corrected chi connectivity index (χ3v) is 3.72. The first kappa shape index (κ1) is 13.3. The number of aromatic amines is 1. The molecular weight excluding hydrogens is 268 g/mol. The van der Waals surface area contributed by atoms with Crippen LogP contribution in [-0.2, 0) is 0 Å². The Bertz CT molecular complexity index is 630. The van der Waals surface area contributed by atoms with E-state index in [2.05, 4.69) is 27.2 Å². The van der Waals surface area contributed by atoms with E-state index >= 15 is 0 Å². The molecule has 5 N–H and O–H groups in total. The topological polar surface area (TPSA) is 104 Å². The van der Waals surface area contributed by atoms with Crippen molar-refractivity contribution < 1.29 is 4.79 Å². The summed E-state index contributed by atoms with van der Waals surface area (Å²) in [5.41, 5.74) is 12.6. The molecular formula is C14H18N6O. The molecule has 0 aliphatic carbocycles. The number of H-pyrrole nitrogens is 1. The molecule has 7 heteroatoms. The number of para-hydroxylation sites is 1. The van der Waals surface area contributed by atoms with Gasteiger partial charge >= 0.3 is 0 Å². The SMILES string of the molecule is NC(=O)c1c(N2CCN(c3ccccc3)CC2)n[nH]c1N. The van der Waals surface area contributed by atoms with Gasteiger partial charge in [-0.3, -0.25) is 9.89 Å². The molecule has 1 fully saturated rings. The van der Waals surface area contributed by atoms with Crippen LogP contribution in [0.25, 0.3) is 0 Å². The number of nitrogen functional groups attached to an aromatic ring is 1. The zero-order chi connectivity index (χ0) is 14.8. The van der Waals surface area contributed by atoms with Crippen molar-refractivity contribution in [2.75, 3.05) is 41.7 Å². The lowest BCUT2D eigenvalue weighted by Crippen LogP contribution is -2.47. The van der Waals surface area contributed by atoms with Crippen molar-refractivity contribution >= 4 is 23.2 Å². The maximum absolute atomic E-state index is 11.5. The van der Waals surface area contributed by atoms with E-state index in [1.54, 1.807) is 0 Å². The van der Waals surface area contributed by atoms with Crippen LogP contribution in [0, 0.1) is 0 Å². The molecule has 21 heavy (non-hydrogen) atoms. The molecule has 1 aliphatic heterocycles. The summed E-state index contributed by atoms with van der Waals surface area (Å²) >= 11 is 0. The molecule has 3 rings (SSSR count). The first-order valence-electron chi connectivity index (χ1n) is 6.85. The van der Waals surface area contributed by atoms with Gasteiger partial charge in [0, 0.05) is 31.9 Å². The molecule has 7 nitrogen and oxygen atoms in total. The third-order valence-electron chi connectivity index (χ3n) is 3.72. The van der Waals surface area contributed by atoms with Crippen LogP contribution in [0.15, 0.2) is 30.3 Å². The van der Waals surface area contributed by atoms with Gasteiger partial charge in [0.1, 0.15) is 11.4 Å². The van der Waals surface area contributed by atoms with E-state index in [0.717, 1.165) is 26.2 Å². The van der Waals surface area contributed by atoms with Crippen LogP contribution in [0.3, 0.4) is 0 Å². The van der Waals surface area contributed by atoms with Crippen LogP contribution in [0.1, 0.15) is 10.4 Å². The zero-order valence-corrected chi connectivity index (χ0v) is 11.6. The number of nitrogens with one attached hydrogen (secondary N) is 1. The van der Waals surface area contributed by atoms with Gasteiger partial charge in [0.25, 0.3) is 5.91 Å². The van der Waals surface area contributed by atoms with Gasteiger partial charge in [0.05, 0.1) is 0 Å². The minimum atomic E-state index is -0.554. The van der Waals surface area contributed by atoms with Crippen molar-refractivity contribution in [3.05, 3.63) is 35.9 Å². The molecule has 0 saturated carbocycles. The van der Waals surface area contributed by atoms with Gasteiger partial charge in [0.15, 0.2) is 5.82 Å². The van der Waals surface area contributed by atoms with Crippen molar-refractivity contribution in [1.82, 2.24) is 10.2 Å². The zero-order valence-electron chi connectivity index (χ0n) is 11.6. The number of carbonyl (C=O) groups is 1. The predicted molar refractivity (Wildman–Crippen MR) is 82.4 cm³/mol. The van der Waals surface area contributed by atoms with Crippen LogP contribution in [0.2, 0.25) is 0 Å². The molecule has 1 aliphatic rings. The highest BCUT2D eigenvalue weighted by Gasteiger charge is 2.25. The van der Waals surface area contributed by atoms with Gasteiger partial charge < -0.3 is 21.3 Å². The summed E-state index contributed by atoms with van der Waals surface area (Å²) in [7, 11) is 0. The summed E-state index contributed by atoms with van der Waals surface area (Å²) in [6, 6.07) is 10.3. The smallest absolute Gasteiger partial charge is 0.256 e. The number of primary amides is 1. The number of carbonyl (C=O) groups excluding carboxylic acids is 1. The van der Waals surface area contributed by atoms with Crippen molar-refractivity contribution in [2.45, 2.75) is 0 Å². The van der Waals surface area contributed by atoms with Crippen molar-refractivity contribution in [3.8, 4) is 0 Å². The molecule has 0 atom stereocenters. The second-order valence-corrected chi connectivity index (χ2v) is 5.01. The predicted octanol–water partition coefficient (Wildman–Crippen LogP) is 0.417. The average molecular weight is 286 g/mol. The molecule has 1 amide bonds. The number of amides is 1. The van der Waals surface area contributed by atoms with E-state index in [-0.39, 0.29) is 11.4 Å². The monoisotopic (exact) mass is 286 g/mol. The number of anilines is 3. The highest BCUT2D eigenvalue weighted by atomic mass is 16.1. The molecule has 0 bridgehead atoms. The van der Waals surface area contributed by atoms with E-state index in [1.165, 1.54) is 5.69 Å². The summed E-state index contributed by atoms with van der Waals surface area (Å²) in [6.45, 7) is 3.24. The largest absolute Gasteiger partial charge is 0.383 e. The summed E-state index contributed by atoms with van der Waals surface area (Å²) in [5.74, 6) is 0.220. The van der Waals surface area contributed by atoms with E-state index in [1.807, 2.05) is 23.1 Å². The van der Waals surface area contributed by atoms with E-state index < -0.39 is 5.91 Å². The average Bonchev–Trinajstić information content (AvgIpc) is 2.90. The van der Waals surface area contributed by atoms with Gasteiger partial charge in [-0.2, -0.15) is 5.10 Å². The minimum Gasteiger partial charge on any atom is -0.383 e. The Balaban J connectivity index is 1.73. The van der Waals surface area contributed by atoms with Crippen LogP contribution in [0.4, 0.5) is 17.3 Å². The highest BCUT2D eigenvalue weighted by Crippen LogP contribution is 2.24. The van der Waals surface area contributed by atoms with Crippen molar-refractivity contribution in [1.29, 1.82) is 0 Å². The summed E-state index contributed by atoms with van der Waals surface area (Å²) in [5, 5.41) is 6.75. The Morgan fingerprint density at radius 3 is 2.33 bits per heavy atom. The second-order valence-electron chi connectivity index (χ2n) is 5.01. The normalized spacial score (nSPS) is 15.2. The first-order chi connectivity index (χ1) is 10.2. The van der Waals surface area contributed by atoms with Crippen molar-refractivity contribution in [3.63, 3.8) is 0 Å². The maximum Gasteiger partial charge on any atom is 0.256 e. The maximum atomic E-state index is 11.5. The molecule has 0 unspecified atom stereocenters. The number of aromatic nitrogens is 2. The van der Waals surface area contributed by atoms with E-state index in [9.17, 15) is 4.79 Å². The third kappa shape index (κ3) is 2.49. The van der Waals surface area contributed by atoms with Gasteiger partial charge in [-0.05, 0) is 12.1 Å². The summed E-state index contributed by atoms with van der Waals surface area (Å²) in [4.78, 5) is 15.8. The summed E-state index contributed by atoms with van der Waals surface area (Å²) < 4.78 is 0. The fraction of sp³-hybridized carbons (Fsp3) is 0.286. The molecule has 0 spiro atoms. The number of rotatable bonds is 3. The molecule has 1 aromatic carbocycles. The second kappa shape index (κ2) is 5.35. The molecule has 110 valence electrons. The lowest BCUT2D eigenvalue weighted by atomic mass is 10.2. The first-order valence-corrected chi connectivity index (χ1v) is 6.85. The van der Waals surface area contributed by atoms with Crippen molar-refractivity contribution in [2.24, 2.45) is 5.73 Å². The number of nitrogens with zero attached hydrogens (tertiary/aromatic N) is 3. The van der Waals surface area contributed by atoms with Gasteiger partial charge in [0.2, 0.25) is 0 Å². The highest BCUT2D eigenvalue weighted by molar-refractivity contribution is 6.02. The fourth-order valence-corrected chi connectivity index (χ4v) is 2.63. The Kier molecular flexibility index (Phi) is 3.39. The number of hydrogen-bond acceptors (Lipinski definition) is 5. The van der Waals surface area contributed by atoms with E-state index in [0.29, 0.717) is 5.82 Å². The lowest BCUT2D eigenvalue weighted by molar-refractivity contribution is 0.100. The molecule has 2 heterocycles. The molecule has 0 radical (unpaired) electrons.